The van der Waals surface area contributed by atoms with Crippen molar-refractivity contribution >= 4 is 40.6 Å². The molecule has 49 heavy (non-hydrogen) atoms. The number of amides is 5. The van der Waals surface area contributed by atoms with Crippen LogP contribution in [0.1, 0.15) is 72.8 Å². The van der Waals surface area contributed by atoms with Crippen LogP contribution in [0.15, 0.2) is 41.8 Å². The lowest BCUT2D eigenvalue weighted by Crippen LogP contribution is -2.61. The molecule has 1 aromatic carbocycles. The predicted octanol–water partition coefficient (Wildman–Crippen LogP) is 2.25. The van der Waals surface area contributed by atoms with E-state index in [9.17, 15) is 32.7 Å². The van der Waals surface area contributed by atoms with E-state index in [1.807, 2.05) is 41.5 Å². The van der Waals surface area contributed by atoms with E-state index in [1.165, 1.54) is 11.0 Å². The molecule has 1 fully saturated rings. The number of carbonyl (C=O) groups is 5. The van der Waals surface area contributed by atoms with E-state index in [-0.39, 0.29) is 25.9 Å². The number of nitrogens with zero attached hydrogens (tertiary/aromatic N) is 1. The molecule has 1 heterocycles. The third kappa shape index (κ3) is 12.4. The van der Waals surface area contributed by atoms with Crippen molar-refractivity contribution in [2.24, 2.45) is 10.8 Å². The third-order valence-corrected chi connectivity index (χ3v) is 9.02. The molecular formula is C35H52N6O7S. The quantitative estimate of drug-likeness (QED) is 0.0656. The van der Waals surface area contributed by atoms with Crippen molar-refractivity contribution in [3.05, 3.63) is 42.5 Å². The lowest BCUT2D eigenvalue weighted by molar-refractivity contribution is -0.143. The maximum absolute atomic E-state index is 14.0. The summed E-state index contributed by atoms with van der Waals surface area (Å²) in [5.41, 5.74) is -0.490. The van der Waals surface area contributed by atoms with Crippen LogP contribution in [-0.4, -0.2) is 87.0 Å². The van der Waals surface area contributed by atoms with Crippen LogP contribution in [0.25, 0.3) is 0 Å². The molecule has 0 saturated carbocycles. The van der Waals surface area contributed by atoms with Gasteiger partial charge in [-0.25, -0.2) is 9.00 Å². The first-order valence-corrected chi connectivity index (χ1v) is 17.5. The van der Waals surface area contributed by atoms with Crippen molar-refractivity contribution < 1.29 is 32.7 Å². The molecule has 0 aromatic heterocycles. The van der Waals surface area contributed by atoms with Gasteiger partial charge in [-0.2, -0.15) is 0 Å². The van der Waals surface area contributed by atoms with Crippen LogP contribution in [0.4, 0.5) is 4.79 Å². The standard InChI is InChI=1S/C35H52N6O7S/c1-9-11-16-24(28(42)31(44)37-19-10-2)38-30(43)25-17-14-20-41(25)32(45)29(35(6,7)8)40-33(46)39-27(34(3,4)5)22-36-21-23-15-12-13-18-26(23)49(47)48/h1,10,12-13,15,18,24-25,27,29,36H,2,11,14,16-17,19-22H2,3-8H3,(H,37,44)(H,38,43)(H,47,48)(H2,39,40,46)/t24?,25-,27+,29+/m0/s1. The number of hydrogen-bond donors (Lipinski definition) is 6. The molecule has 5 atom stereocenters. The molecule has 6 N–H and O–H groups in total. The van der Waals surface area contributed by atoms with Gasteiger partial charge in [0.2, 0.25) is 17.6 Å². The number of rotatable bonds is 16. The zero-order chi connectivity index (χ0) is 36.9. The average Bonchev–Trinajstić information content (AvgIpc) is 3.53. The fourth-order valence-corrected chi connectivity index (χ4v) is 5.93. The zero-order valence-corrected chi connectivity index (χ0v) is 30.2. The summed E-state index contributed by atoms with van der Waals surface area (Å²) in [6.45, 7) is 15.8. The molecule has 1 aromatic rings. The molecule has 0 spiro atoms. The van der Waals surface area contributed by atoms with E-state index in [0.717, 1.165) is 0 Å². The minimum Gasteiger partial charge on any atom is -0.346 e. The Kier molecular flexibility index (Phi) is 15.6. The van der Waals surface area contributed by atoms with Gasteiger partial charge >= 0.3 is 6.03 Å². The number of Topliss-reactive ketones (excluding diaryl/α,β-unsaturated/α-hetero) is 1. The highest BCUT2D eigenvalue weighted by Crippen LogP contribution is 2.26. The Labute approximate surface area is 292 Å². The molecule has 1 saturated heterocycles. The van der Waals surface area contributed by atoms with Gasteiger partial charge in [0.25, 0.3) is 5.91 Å². The number of nitrogens with one attached hydrogen (secondary N) is 5. The Morgan fingerprint density at radius 1 is 1.08 bits per heavy atom. The predicted molar refractivity (Wildman–Crippen MR) is 188 cm³/mol. The summed E-state index contributed by atoms with van der Waals surface area (Å²) in [7, 11) is 0. The number of carbonyl (C=O) groups excluding carboxylic acids is 5. The summed E-state index contributed by atoms with van der Waals surface area (Å²) in [5.74, 6) is -0.337. The van der Waals surface area contributed by atoms with Crippen LogP contribution in [0.2, 0.25) is 0 Å². The summed E-state index contributed by atoms with van der Waals surface area (Å²) in [4.78, 5) is 67.9. The number of terminal acetylenes is 1. The van der Waals surface area contributed by atoms with Crippen molar-refractivity contribution in [2.45, 2.75) is 103 Å². The minimum atomic E-state index is -2.14. The normalized spacial score (nSPS) is 17.1. The van der Waals surface area contributed by atoms with Gasteiger partial charge in [-0.3, -0.25) is 19.2 Å². The molecule has 0 bridgehead atoms. The SMILES string of the molecule is C#CCCC(NC(=O)[C@@H]1CCCN1C(=O)[C@@H](NC(=O)N[C@H](CNCc1ccccc1S(=O)O)C(C)(C)C)C(C)(C)C)C(=O)C(=O)NCC=C. The third-order valence-electron chi connectivity index (χ3n) is 8.24. The maximum Gasteiger partial charge on any atom is 0.315 e. The first-order chi connectivity index (χ1) is 22.9. The fraction of sp³-hybridized carbons (Fsp3) is 0.571. The molecule has 0 radical (unpaired) electrons. The second-order valence-electron chi connectivity index (χ2n) is 14.2. The summed E-state index contributed by atoms with van der Waals surface area (Å²) < 4.78 is 21.3. The first-order valence-electron chi connectivity index (χ1n) is 16.4. The maximum atomic E-state index is 14.0. The first kappa shape index (κ1) is 41.1. The lowest BCUT2D eigenvalue weighted by atomic mass is 9.85. The van der Waals surface area contributed by atoms with Crippen molar-refractivity contribution in [3.63, 3.8) is 0 Å². The van der Waals surface area contributed by atoms with Gasteiger partial charge in [-0.15, -0.1) is 18.9 Å². The topological polar surface area (TPSA) is 186 Å². The van der Waals surface area contributed by atoms with Gasteiger partial charge in [0, 0.05) is 38.6 Å². The number of likely N-dealkylation sites (tertiary alicyclic amines) is 1. The molecule has 1 aliphatic heterocycles. The van der Waals surface area contributed by atoms with Crippen LogP contribution in [0.5, 0.6) is 0 Å². The molecule has 1 aliphatic rings. The smallest absolute Gasteiger partial charge is 0.315 e. The van der Waals surface area contributed by atoms with E-state index in [0.29, 0.717) is 36.4 Å². The monoisotopic (exact) mass is 700 g/mol. The Morgan fingerprint density at radius 2 is 1.76 bits per heavy atom. The number of urea groups is 1. The van der Waals surface area contributed by atoms with Crippen LogP contribution < -0.4 is 26.6 Å². The Morgan fingerprint density at radius 3 is 2.35 bits per heavy atom. The fourth-order valence-electron chi connectivity index (χ4n) is 5.37. The highest BCUT2D eigenvalue weighted by atomic mass is 32.2. The second kappa shape index (κ2) is 18.6. The van der Waals surface area contributed by atoms with Crippen LogP contribution in [0, 0.1) is 23.2 Å². The summed E-state index contributed by atoms with van der Waals surface area (Å²) >= 11 is -2.14. The molecule has 270 valence electrons. The largest absolute Gasteiger partial charge is 0.346 e. The summed E-state index contributed by atoms with van der Waals surface area (Å²) in [6, 6.07) is 2.73. The molecular weight excluding hydrogens is 648 g/mol. The lowest BCUT2D eigenvalue weighted by Gasteiger charge is -2.37. The number of benzene rings is 1. The Balaban J connectivity index is 2.17. The van der Waals surface area contributed by atoms with E-state index in [1.54, 1.807) is 24.3 Å². The van der Waals surface area contributed by atoms with Gasteiger partial charge in [-0.05, 0) is 41.7 Å². The zero-order valence-electron chi connectivity index (χ0n) is 29.4. The second-order valence-corrected chi connectivity index (χ2v) is 15.1. The van der Waals surface area contributed by atoms with Crippen LogP contribution in [0.3, 0.4) is 0 Å². The van der Waals surface area contributed by atoms with Crippen molar-refractivity contribution in [3.8, 4) is 12.3 Å². The van der Waals surface area contributed by atoms with E-state index >= 15 is 0 Å². The highest BCUT2D eigenvalue weighted by molar-refractivity contribution is 7.79. The van der Waals surface area contributed by atoms with E-state index < -0.39 is 75.6 Å². The Hall–Kier alpha value is -4.06. The van der Waals surface area contributed by atoms with Crippen LogP contribution >= 0.6 is 0 Å². The molecule has 2 rings (SSSR count). The molecule has 0 aliphatic carbocycles. The minimum absolute atomic E-state index is 0.0485. The van der Waals surface area contributed by atoms with Crippen molar-refractivity contribution in [2.75, 3.05) is 19.6 Å². The summed E-state index contributed by atoms with van der Waals surface area (Å²) in [6.07, 6.45) is 7.86. The number of ketones is 1. The summed E-state index contributed by atoms with van der Waals surface area (Å²) in [5, 5.41) is 14.1. The van der Waals surface area contributed by atoms with Gasteiger partial charge < -0.3 is 36.0 Å². The van der Waals surface area contributed by atoms with Gasteiger partial charge in [0.1, 0.15) is 12.1 Å². The molecule has 13 nitrogen and oxygen atoms in total. The average molecular weight is 701 g/mol. The highest BCUT2D eigenvalue weighted by Gasteiger charge is 2.43. The van der Waals surface area contributed by atoms with Crippen molar-refractivity contribution in [1.82, 2.24) is 31.5 Å². The van der Waals surface area contributed by atoms with Crippen LogP contribution in [-0.2, 0) is 36.8 Å². The Bertz CT molecular complexity index is 1430. The molecule has 14 heteroatoms. The van der Waals surface area contributed by atoms with Crippen molar-refractivity contribution in [1.29, 1.82) is 0 Å². The van der Waals surface area contributed by atoms with E-state index in [2.05, 4.69) is 39.1 Å². The van der Waals surface area contributed by atoms with Gasteiger partial charge in [0.05, 0.1) is 10.9 Å². The number of hydrogen-bond acceptors (Lipinski definition) is 7. The molecule has 5 amide bonds. The van der Waals surface area contributed by atoms with Gasteiger partial charge in [-0.1, -0.05) is 65.8 Å². The van der Waals surface area contributed by atoms with E-state index in [4.69, 9.17) is 6.42 Å². The molecule has 2 unspecified atom stereocenters. The van der Waals surface area contributed by atoms with Gasteiger partial charge in [0.15, 0.2) is 11.1 Å².